The molecule has 0 amide bonds. The smallest absolute Gasteiger partial charge is 0.187 e. The van der Waals surface area contributed by atoms with Crippen molar-refractivity contribution in [1.82, 2.24) is 4.98 Å². The number of carbonyl (C=O) groups is 3. The number of ketones is 3. The molecule has 12 fully saturated rings. The molecule has 4 heteroatoms. The lowest BCUT2D eigenvalue weighted by molar-refractivity contribution is -0.0365. The highest BCUT2D eigenvalue weighted by Crippen LogP contribution is 2.64. The molecule has 1 heterocycles. The summed E-state index contributed by atoms with van der Waals surface area (Å²) in [5.41, 5.74) is 0.656. The second-order valence-corrected chi connectivity index (χ2v) is 18.2. The number of rotatable bonds is 6. The fourth-order valence-corrected chi connectivity index (χ4v) is 14.9. The predicted molar refractivity (Wildman–Crippen MR) is 159 cm³/mol. The van der Waals surface area contributed by atoms with E-state index >= 15 is 0 Å². The van der Waals surface area contributed by atoms with Crippen molar-refractivity contribution >= 4 is 17.3 Å². The molecule has 12 saturated carbocycles. The summed E-state index contributed by atoms with van der Waals surface area (Å²) in [4.78, 5) is 49.0. The Labute approximate surface area is 250 Å². The number of carbonyl (C=O) groups excluding carboxylic acids is 3. The monoisotopic (exact) mass is 565 g/mol. The zero-order valence-corrected chi connectivity index (χ0v) is 25.3. The van der Waals surface area contributed by atoms with Gasteiger partial charge >= 0.3 is 0 Å². The molecule has 0 unspecified atom stereocenters. The van der Waals surface area contributed by atoms with Crippen LogP contribution in [0.1, 0.15) is 147 Å². The third-order valence-corrected chi connectivity index (χ3v) is 15.1. The molecule has 12 bridgehead atoms. The number of aromatic nitrogens is 1. The fourth-order valence-electron chi connectivity index (χ4n) is 14.9. The molecule has 4 nitrogen and oxygen atoms in total. The molecular formula is C38H47NO3. The summed E-state index contributed by atoms with van der Waals surface area (Å²) in [7, 11) is 0. The van der Waals surface area contributed by atoms with Crippen molar-refractivity contribution in [2.45, 2.75) is 116 Å². The summed E-state index contributed by atoms with van der Waals surface area (Å²) in [5.74, 6) is 6.65. The number of pyridine rings is 1. The van der Waals surface area contributed by atoms with Crippen LogP contribution < -0.4 is 0 Å². The van der Waals surface area contributed by atoms with Crippen LogP contribution in [-0.2, 0) is 0 Å². The lowest BCUT2D eigenvalue weighted by Crippen LogP contribution is -2.51. The number of Topliss-reactive ketones (excluding diaryl/α,β-unsaturated/α-hetero) is 3. The van der Waals surface area contributed by atoms with E-state index in [1.807, 2.05) is 12.1 Å². The molecule has 13 rings (SSSR count). The molecule has 0 atom stereocenters. The highest BCUT2D eigenvalue weighted by atomic mass is 16.1. The van der Waals surface area contributed by atoms with E-state index in [0.29, 0.717) is 70.2 Å². The second-order valence-electron chi connectivity index (χ2n) is 18.2. The van der Waals surface area contributed by atoms with Crippen molar-refractivity contribution in [2.75, 3.05) is 0 Å². The Bertz CT molecular complexity index is 1120. The standard InChI is InChI=1S/C38H47NO3/c40-33(36-12-21-1-22(13-36)3-23(2-21)14-36)30-10-31(34(41)37-15-24-4-25(16-37)6-26(5-24)17-37)39-32(11-30)35(42)38-18-27-7-28(19-38)9-29(8-27)20-38/h10-11,21-29H,1-9,12-20H2. The summed E-state index contributed by atoms with van der Waals surface area (Å²) in [6.45, 7) is 0. The molecule has 0 saturated heterocycles. The van der Waals surface area contributed by atoms with Gasteiger partial charge in [-0.3, -0.25) is 14.4 Å². The first-order chi connectivity index (χ1) is 20.3. The average Bonchev–Trinajstić information content (AvgIpc) is 2.93. The fraction of sp³-hybridized carbons (Fsp3) is 0.789. The van der Waals surface area contributed by atoms with Crippen LogP contribution in [0.3, 0.4) is 0 Å². The van der Waals surface area contributed by atoms with Gasteiger partial charge in [-0.15, -0.1) is 0 Å². The first kappa shape index (κ1) is 25.5. The molecule has 42 heavy (non-hydrogen) atoms. The van der Waals surface area contributed by atoms with Gasteiger partial charge in [-0.2, -0.15) is 0 Å². The highest BCUT2D eigenvalue weighted by molar-refractivity contribution is 6.08. The van der Waals surface area contributed by atoms with E-state index in [1.54, 1.807) is 0 Å². The predicted octanol–water partition coefficient (Wildman–Crippen LogP) is 8.28. The van der Waals surface area contributed by atoms with Crippen LogP contribution in [0.15, 0.2) is 12.1 Å². The maximum absolute atomic E-state index is 14.7. The zero-order valence-electron chi connectivity index (χ0n) is 25.3. The van der Waals surface area contributed by atoms with E-state index in [2.05, 4.69) is 0 Å². The van der Waals surface area contributed by atoms with Crippen molar-refractivity contribution in [3.05, 3.63) is 29.1 Å². The van der Waals surface area contributed by atoms with Crippen molar-refractivity contribution in [1.29, 1.82) is 0 Å². The van der Waals surface area contributed by atoms with E-state index in [4.69, 9.17) is 4.98 Å². The quantitative estimate of drug-likeness (QED) is 0.326. The SMILES string of the molecule is O=C(c1cc(C(=O)C23CC4CC(CC(C4)C2)C3)nc(C(=O)C23CC4CC(CC(C4)C2)C3)c1)C12CC3CC(CC(C3)C1)C2. The van der Waals surface area contributed by atoms with Crippen LogP contribution in [0, 0.1) is 69.5 Å². The van der Waals surface area contributed by atoms with Crippen LogP contribution >= 0.6 is 0 Å². The van der Waals surface area contributed by atoms with E-state index in [9.17, 15) is 14.4 Å². The van der Waals surface area contributed by atoms with E-state index in [-0.39, 0.29) is 33.6 Å². The van der Waals surface area contributed by atoms with Gasteiger partial charge in [0.15, 0.2) is 17.3 Å². The Kier molecular flexibility index (Phi) is 5.13. The Morgan fingerprint density at radius 1 is 0.429 bits per heavy atom. The van der Waals surface area contributed by atoms with Gasteiger partial charge in [0.05, 0.1) is 0 Å². The normalized spacial score (nSPS) is 50.4. The summed E-state index contributed by atoms with van der Waals surface area (Å²) >= 11 is 0. The first-order valence-corrected chi connectivity index (χ1v) is 17.9. The Morgan fingerprint density at radius 2 is 0.667 bits per heavy atom. The average molecular weight is 566 g/mol. The molecule has 0 radical (unpaired) electrons. The molecule has 0 aliphatic heterocycles. The zero-order chi connectivity index (χ0) is 28.0. The van der Waals surface area contributed by atoms with Gasteiger partial charge in [-0.25, -0.2) is 4.98 Å². The Morgan fingerprint density at radius 3 is 0.929 bits per heavy atom. The van der Waals surface area contributed by atoms with Crippen LogP contribution in [0.25, 0.3) is 0 Å². The number of hydrogen-bond donors (Lipinski definition) is 0. The van der Waals surface area contributed by atoms with Crippen molar-refractivity contribution in [2.24, 2.45) is 69.5 Å². The lowest BCUT2D eigenvalue weighted by Gasteiger charge is -2.56. The van der Waals surface area contributed by atoms with Crippen LogP contribution in [-0.4, -0.2) is 22.3 Å². The van der Waals surface area contributed by atoms with Crippen molar-refractivity contribution in [3.8, 4) is 0 Å². The second kappa shape index (κ2) is 8.45. The van der Waals surface area contributed by atoms with Crippen LogP contribution in [0.2, 0.25) is 0 Å². The molecule has 1 aromatic rings. The van der Waals surface area contributed by atoms with Gasteiger partial charge in [0.1, 0.15) is 11.4 Å². The number of nitrogens with zero attached hydrogens (tertiary/aromatic N) is 1. The van der Waals surface area contributed by atoms with E-state index in [0.717, 1.165) is 57.8 Å². The topological polar surface area (TPSA) is 64.1 Å². The molecule has 12 aliphatic carbocycles. The van der Waals surface area contributed by atoms with Crippen LogP contribution in [0.4, 0.5) is 0 Å². The molecule has 0 N–H and O–H groups in total. The van der Waals surface area contributed by atoms with Crippen molar-refractivity contribution in [3.63, 3.8) is 0 Å². The first-order valence-electron chi connectivity index (χ1n) is 17.9. The van der Waals surface area contributed by atoms with Gasteiger partial charge in [0, 0.05) is 21.8 Å². The van der Waals surface area contributed by atoms with Crippen LogP contribution in [0.5, 0.6) is 0 Å². The Hall–Kier alpha value is -1.84. The summed E-state index contributed by atoms with van der Waals surface area (Å²) < 4.78 is 0. The lowest BCUT2D eigenvalue weighted by atomic mass is 9.47. The van der Waals surface area contributed by atoms with Gasteiger partial charge in [0.2, 0.25) is 0 Å². The molecule has 222 valence electrons. The minimum Gasteiger partial charge on any atom is -0.294 e. The van der Waals surface area contributed by atoms with Gasteiger partial charge in [-0.05, 0) is 181 Å². The highest BCUT2D eigenvalue weighted by Gasteiger charge is 2.58. The molecule has 0 spiro atoms. The van der Waals surface area contributed by atoms with Gasteiger partial charge in [-0.1, -0.05) is 0 Å². The minimum absolute atomic E-state index is 0.168. The maximum Gasteiger partial charge on any atom is 0.187 e. The molecular weight excluding hydrogens is 518 g/mol. The third kappa shape index (κ3) is 3.59. The molecule has 1 aromatic heterocycles. The summed E-state index contributed by atoms with van der Waals surface area (Å²) in [5, 5.41) is 0. The van der Waals surface area contributed by atoms with Gasteiger partial charge in [0.25, 0.3) is 0 Å². The summed E-state index contributed by atoms with van der Waals surface area (Å²) in [6, 6.07) is 3.77. The summed E-state index contributed by atoms with van der Waals surface area (Å²) in [6.07, 6.45) is 20.6. The van der Waals surface area contributed by atoms with E-state index < -0.39 is 0 Å². The minimum atomic E-state index is -0.314. The Balaban J connectivity index is 1.06. The maximum atomic E-state index is 14.7. The van der Waals surface area contributed by atoms with Gasteiger partial charge < -0.3 is 0 Å². The van der Waals surface area contributed by atoms with E-state index in [1.165, 1.54) is 57.8 Å². The van der Waals surface area contributed by atoms with Crippen molar-refractivity contribution < 1.29 is 14.4 Å². The largest absolute Gasteiger partial charge is 0.294 e. The molecule has 0 aromatic carbocycles. The molecule has 12 aliphatic rings. The third-order valence-electron chi connectivity index (χ3n) is 15.1. The number of hydrogen-bond acceptors (Lipinski definition) is 4.